The first-order valence-electron chi connectivity index (χ1n) is 10.6. The van der Waals surface area contributed by atoms with Gasteiger partial charge in [-0.25, -0.2) is 19.4 Å². The van der Waals surface area contributed by atoms with Crippen molar-refractivity contribution < 1.29 is 19.0 Å². The van der Waals surface area contributed by atoms with Gasteiger partial charge in [0.2, 0.25) is 5.95 Å². The Morgan fingerprint density at radius 2 is 1.88 bits per heavy atom. The summed E-state index contributed by atoms with van der Waals surface area (Å²) in [4.78, 5) is 29.5. The molecular formula is C21H26FN8O3-. The van der Waals surface area contributed by atoms with Crippen molar-refractivity contribution in [2.75, 3.05) is 61.1 Å². The molecule has 0 atom stereocenters. The average molecular weight is 457 g/mol. The third kappa shape index (κ3) is 5.22. The van der Waals surface area contributed by atoms with E-state index in [4.69, 9.17) is 10.5 Å². The minimum atomic E-state index is -1.57. The molecule has 2 aromatic rings. The number of carbonyl (C=O) groups excluding carboxylic acids is 1. The number of hydrogen-bond donors (Lipinski definition) is 2. The molecule has 4 rings (SSSR count). The summed E-state index contributed by atoms with van der Waals surface area (Å²) in [6.07, 6.45) is 2.32. The molecule has 176 valence electrons. The van der Waals surface area contributed by atoms with Crippen LogP contribution < -0.4 is 30.9 Å². The number of methoxy groups -OCH3 is 1. The number of nitrogens with one attached hydrogen (secondary N) is 1. The second kappa shape index (κ2) is 9.86. The molecule has 1 aromatic heterocycles. The Balaban J connectivity index is 1.34. The number of carboxylic acid groups (broad SMARTS) is 1. The zero-order valence-corrected chi connectivity index (χ0v) is 18.3. The van der Waals surface area contributed by atoms with Gasteiger partial charge in [-0.3, -0.25) is 0 Å². The number of halogens is 1. The van der Waals surface area contributed by atoms with Crippen LogP contribution in [0.3, 0.4) is 0 Å². The first kappa shape index (κ1) is 22.5. The summed E-state index contributed by atoms with van der Waals surface area (Å²) < 4.78 is 20.3. The lowest BCUT2D eigenvalue weighted by molar-refractivity contribution is -0.248. The Labute approximate surface area is 190 Å². The minimum Gasteiger partial charge on any atom is -0.530 e. The molecule has 2 saturated heterocycles. The first-order chi connectivity index (χ1) is 15.9. The minimum absolute atomic E-state index is 0.0857. The fourth-order valence-electron chi connectivity index (χ4n) is 3.84. The molecule has 2 fully saturated rings. The number of nitrogens with zero attached hydrogens (tertiary/aromatic N) is 6. The molecule has 0 radical (unpaired) electrons. The number of ether oxygens (including phenoxy) is 1. The topological polar surface area (TPSA) is 135 Å². The quantitative estimate of drug-likeness (QED) is 0.436. The van der Waals surface area contributed by atoms with Crippen molar-refractivity contribution in [1.29, 1.82) is 0 Å². The van der Waals surface area contributed by atoms with Crippen molar-refractivity contribution in [3.05, 3.63) is 42.0 Å². The van der Waals surface area contributed by atoms with E-state index in [2.05, 4.69) is 24.8 Å². The maximum absolute atomic E-state index is 15.1. The van der Waals surface area contributed by atoms with Crippen LogP contribution in [0.5, 0.6) is 0 Å². The average Bonchev–Trinajstić information content (AvgIpc) is 2.78. The van der Waals surface area contributed by atoms with Crippen LogP contribution in [0.2, 0.25) is 0 Å². The van der Waals surface area contributed by atoms with Gasteiger partial charge in [0.1, 0.15) is 6.09 Å². The van der Waals surface area contributed by atoms with E-state index in [1.165, 1.54) is 0 Å². The van der Waals surface area contributed by atoms with Crippen LogP contribution in [-0.4, -0.2) is 74.5 Å². The number of rotatable bonds is 6. The van der Waals surface area contributed by atoms with E-state index in [0.29, 0.717) is 43.4 Å². The highest BCUT2D eigenvalue weighted by molar-refractivity contribution is 5.91. The lowest BCUT2D eigenvalue weighted by Crippen LogP contribution is -2.52. The summed E-state index contributed by atoms with van der Waals surface area (Å²) in [6.45, 7) is 4.15. The number of piperazine rings is 1. The zero-order chi connectivity index (χ0) is 23.4. The molecule has 2 aliphatic heterocycles. The van der Waals surface area contributed by atoms with E-state index < -0.39 is 11.9 Å². The Morgan fingerprint density at radius 1 is 1.21 bits per heavy atom. The molecule has 0 unspecified atom stereocenters. The van der Waals surface area contributed by atoms with Crippen molar-refractivity contribution >= 4 is 29.4 Å². The van der Waals surface area contributed by atoms with Crippen LogP contribution in [0.4, 0.5) is 26.5 Å². The van der Waals surface area contributed by atoms with Gasteiger partial charge in [-0.05, 0) is 6.07 Å². The van der Waals surface area contributed by atoms with Crippen LogP contribution in [0.15, 0.2) is 35.6 Å². The highest BCUT2D eigenvalue weighted by Gasteiger charge is 2.28. The van der Waals surface area contributed by atoms with E-state index >= 15 is 4.39 Å². The number of benzene rings is 1. The van der Waals surface area contributed by atoms with Crippen molar-refractivity contribution in [1.82, 2.24) is 15.3 Å². The summed E-state index contributed by atoms with van der Waals surface area (Å²) in [5, 5.41) is 12.3. The van der Waals surface area contributed by atoms with Gasteiger partial charge in [-0.15, -0.1) is 0 Å². The Kier molecular flexibility index (Phi) is 6.73. The van der Waals surface area contributed by atoms with Gasteiger partial charge in [-0.2, -0.15) is 0 Å². The number of carbonyl (C=O) groups is 1. The van der Waals surface area contributed by atoms with Crippen molar-refractivity contribution in [3.63, 3.8) is 0 Å². The molecule has 12 heteroatoms. The van der Waals surface area contributed by atoms with Gasteiger partial charge in [0.25, 0.3) is 0 Å². The lowest BCUT2D eigenvalue weighted by Gasteiger charge is -2.39. The standard InChI is InChI=1S/C21H27FN8O3/c1-33-16-12-30(13-16)20-25-10-15(11-26-20)28-5-7-29(8-6-28)17-4-2-3-14(18(17)22)9-24-19(23)27-21(31)32/h2-4,10-11,16H,5-9,12-13H2,1H3,(H,31,32)(H3,23,24,27)/p-1. The molecule has 0 aliphatic carbocycles. The Hall–Kier alpha value is -3.67. The summed E-state index contributed by atoms with van der Waals surface area (Å²) in [7, 11) is 1.70. The summed E-state index contributed by atoms with van der Waals surface area (Å²) in [5.41, 5.74) is 7.17. The molecule has 33 heavy (non-hydrogen) atoms. The van der Waals surface area contributed by atoms with Crippen molar-refractivity contribution in [2.24, 2.45) is 10.7 Å². The number of anilines is 3. The molecule has 1 aromatic carbocycles. The van der Waals surface area contributed by atoms with Crippen molar-refractivity contribution in [3.8, 4) is 0 Å². The van der Waals surface area contributed by atoms with Crippen LogP contribution >= 0.6 is 0 Å². The maximum Gasteiger partial charge on any atom is 0.225 e. The van der Waals surface area contributed by atoms with E-state index in [1.807, 2.05) is 22.6 Å². The van der Waals surface area contributed by atoms with Gasteiger partial charge in [0.15, 0.2) is 11.8 Å². The highest BCUT2D eigenvalue weighted by Crippen LogP contribution is 2.26. The largest absolute Gasteiger partial charge is 0.530 e. The Bertz CT molecular complexity index is 1010. The van der Waals surface area contributed by atoms with Crippen LogP contribution in [-0.2, 0) is 11.3 Å². The van der Waals surface area contributed by atoms with E-state index in [1.54, 1.807) is 25.3 Å². The normalized spacial score (nSPS) is 17.2. The molecule has 11 nitrogen and oxygen atoms in total. The fraction of sp³-hybridized carbons (Fsp3) is 0.429. The van der Waals surface area contributed by atoms with Crippen molar-refractivity contribution in [2.45, 2.75) is 12.6 Å². The third-order valence-corrected chi connectivity index (χ3v) is 5.78. The van der Waals surface area contributed by atoms with Gasteiger partial charge >= 0.3 is 0 Å². The summed E-state index contributed by atoms with van der Waals surface area (Å²) >= 11 is 0. The number of guanidine groups is 1. The first-order valence-corrected chi connectivity index (χ1v) is 10.6. The molecule has 0 bridgehead atoms. The Morgan fingerprint density at radius 3 is 2.52 bits per heavy atom. The molecule has 3 heterocycles. The predicted molar refractivity (Wildman–Crippen MR) is 120 cm³/mol. The molecule has 1 amide bonds. The summed E-state index contributed by atoms with van der Waals surface area (Å²) in [6, 6.07) is 5.06. The fourth-order valence-corrected chi connectivity index (χ4v) is 3.84. The lowest BCUT2D eigenvalue weighted by atomic mass is 10.1. The second-order valence-corrected chi connectivity index (χ2v) is 7.84. The zero-order valence-electron chi connectivity index (χ0n) is 18.3. The molecule has 0 spiro atoms. The second-order valence-electron chi connectivity index (χ2n) is 7.84. The monoisotopic (exact) mass is 457 g/mol. The summed E-state index contributed by atoms with van der Waals surface area (Å²) in [5.74, 6) is -0.0375. The predicted octanol–water partition coefficient (Wildman–Crippen LogP) is -0.475. The van der Waals surface area contributed by atoms with E-state index in [0.717, 1.165) is 18.8 Å². The van der Waals surface area contributed by atoms with Gasteiger partial charge < -0.3 is 40.4 Å². The van der Waals surface area contributed by atoms with E-state index in [9.17, 15) is 9.90 Å². The SMILES string of the molecule is COC1CN(c2ncc(N3CCN(c4cccc(CN=C(N)NC(=O)[O-])c4F)CC3)cn2)C1. The number of amides is 1. The molecule has 3 N–H and O–H groups in total. The molecule has 0 saturated carbocycles. The third-order valence-electron chi connectivity index (χ3n) is 5.78. The van der Waals surface area contributed by atoms with E-state index in [-0.39, 0.29) is 18.6 Å². The van der Waals surface area contributed by atoms with Crippen LogP contribution in [0, 0.1) is 5.82 Å². The van der Waals surface area contributed by atoms with Gasteiger partial charge in [0, 0.05) is 51.9 Å². The molecular weight excluding hydrogens is 431 g/mol. The maximum atomic E-state index is 15.1. The van der Waals surface area contributed by atoms with Gasteiger partial charge in [0.05, 0.1) is 36.4 Å². The molecule has 2 aliphatic rings. The number of nitrogens with two attached hydrogens (primary N) is 1. The van der Waals surface area contributed by atoms with Gasteiger partial charge in [-0.1, -0.05) is 12.1 Å². The highest BCUT2D eigenvalue weighted by atomic mass is 19.1. The van der Waals surface area contributed by atoms with Crippen LogP contribution in [0.25, 0.3) is 0 Å². The number of aliphatic imine (C=N–C) groups is 1. The smallest absolute Gasteiger partial charge is 0.225 e. The number of aromatic nitrogens is 2. The van der Waals surface area contributed by atoms with Crippen LogP contribution in [0.1, 0.15) is 5.56 Å². The number of hydrogen-bond acceptors (Lipinski definition) is 9.